The van der Waals surface area contributed by atoms with Crippen LogP contribution in [-0.4, -0.2) is 82.6 Å². The molecule has 2 aliphatic rings. The third-order valence-corrected chi connectivity index (χ3v) is 6.41. The number of benzene rings is 1. The molecule has 1 aromatic rings. The predicted molar refractivity (Wildman–Crippen MR) is 124 cm³/mol. The van der Waals surface area contributed by atoms with E-state index in [1.54, 1.807) is 6.07 Å². The second-order valence-corrected chi connectivity index (χ2v) is 8.77. The first kappa shape index (κ1) is 25.4. The van der Waals surface area contributed by atoms with Crippen molar-refractivity contribution in [2.75, 3.05) is 32.0 Å². The Morgan fingerprint density at radius 1 is 1.15 bits per heavy atom. The lowest BCUT2D eigenvalue weighted by molar-refractivity contribution is -0.158. The number of amides is 4. The van der Waals surface area contributed by atoms with E-state index in [0.717, 1.165) is 9.80 Å². The van der Waals surface area contributed by atoms with Gasteiger partial charge in [0.05, 0.1) is 17.7 Å². The number of carbonyl (C=O) groups excluding carboxylic acids is 5. The standard InChI is InChI=1S/C24H32N4O6/c1-5-26(6-2)20(14(3)4)24(33)34-13-12-27-18(29)11-10-17(22(27)31)28-21(30)15-8-7-9-16(25)19(15)23(28)32/h7-9,14,17,20H,5-6,10-13,25H2,1-4H3/t17?,20-/m0/s1. The Bertz CT molecular complexity index is 1000. The van der Waals surface area contributed by atoms with E-state index in [1.165, 1.54) is 12.1 Å². The number of piperidine rings is 1. The monoisotopic (exact) mass is 472 g/mol. The van der Waals surface area contributed by atoms with Crippen LogP contribution in [0.25, 0.3) is 0 Å². The molecular weight excluding hydrogens is 440 g/mol. The molecule has 10 nitrogen and oxygen atoms in total. The van der Waals surface area contributed by atoms with Gasteiger partial charge in [0.25, 0.3) is 17.7 Å². The molecule has 0 saturated carbocycles. The Kier molecular flexibility index (Phi) is 7.71. The van der Waals surface area contributed by atoms with E-state index in [-0.39, 0.29) is 48.7 Å². The fraction of sp³-hybridized carbons (Fsp3) is 0.542. The Hall–Kier alpha value is -3.27. The van der Waals surface area contributed by atoms with E-state index in [0.29, 0.717) is 13.1 Å². The molecular formula is C24H32N4O6. The minimum Gasteiger partial charge on any atom is -0.463 e. The maximum atomic E-state index is 13.1. The fourth-order valence-electron chi connectivity index (χ4n) is 4.69. The molecule has 1 aromatic carbocycles. The van der Waals surface area contributed by atoms with Gasteiger partial charge >= 0.3 is 5.97 Å². The van der Waals surface area contributed by atoms with Crippen molar-refractivity contribution in [3.8, 4) is 0 Å². The van der Waals surface area contributed by atoms with Crippen LogP contribution in [0.5, 0.6) is 0 Å². The van der Waals surface area contributed by atoms with Crippen LogP contribution in [0.3, 0.4) is 0 Å². The van der Waals surface area contributed by atoms with Gasteiger partial charge in [0.2, 0.25) is 5.91 Å². The molecule has 1 saturated heterocycles. The number of likely N-dealkylation sites (N-methyl/N-ethyl adjacent to an activating group) is 1. The molecule has 0 aliphatic carbocycles. The smallest absolute Gasteiger partial charge is 0.323 e. The van der Waals surface area contributed by atoms with Crippen molar-refractivity contribution in [2.45, 2.75) is 52.6 Å². The molecule has 4 amide bonds. The lowest BCUT2D eigenvalue weighted by atomic mass is 10.0. The number of fused-ring (bicyclic) bond motifs is 1. The number of nitrogen functional groups attached to an aromatic ring is 1. The zero-order chi connectivity index (χ0) is 25.2. The summed E-state index contributed by atoms with van der Waals surface area (Å²) in [6.07, 6.45) is 0.0258. The van der Waals surface area contributed by atoms with Crippen LogP contribution >= 0.6 is 0 Å². The first-order valence-electron chi connectivity index (χ1n) is 11.6. The molecule has 10 heteroatoms. The Morgan fingerprint density at radius 2 is 1.82 bits per heavy atom. The van der Waals surface area contributed by atoms with Crippen LogP contribution in [0, 0.1) is 5.92 Å². The topological polar surface area (TPSA) is 130 Å². The molecule has 0 spiro atoms. The van der Waals surface area contributed by atoms with Crippen LogP contribution in [0.1, 0.15) is 61.3 Å². The van der Waals surface area contributed by atoms with E-state index < -0.39 is 41.7 Å². The van der Waals surface area contributed by atoms with E-state index in [9.17, 15) is 24.0 Å². The Balaban J connectivity index is 1.69. The van der Waals surface area contributed by atoms with Crippen molar-refractivity contribution >= 4 is 35.3 Å². The summed E-state index contributed by atoms with van der Waals surface area (Å²) >= 11 is 0. The summed E-state index contributed by atoms with van der Waals surface area (Å²) < 4.78 is 5.43. The van der Waals surface area contributed by atoms with Gasteiger partial charge in [-0.2, -0.15) is 0 Å². The van der Waals surface area contributed by atoms with Gasteiger partial charge in [-0.05, 0) is 37.6 Å². The van der Waals surface area contributed by atoms with Gasteiger partial charge < -0.3 is 10.5 Å². The number of hydrogen-bond donors (Lipinski definition) is 1. The highest BCUT2D eigenvalue weighted by atomic mass is 16.5. The van der Waals surface area contributed by atoms with Crippen molar-refractivity contribution in [1.82, 2.24) is 14.7 Å². The number of likely N-dealkylation sites (tertiary alicyclic amines) is 1. The maximum absolute atomic E-state index is 13.1. The summed E-state index contributed by atoms with van der Waals surface area (Å²) in [4.78, 5) is 68.0. The number of anilines is 1. The van der Waals surface area contributed by atoms with E-state index in [1.807, 2.05) is 32.6 Å². The summed E-state index contributed by atoms with van der Waals surface area (Å²) in [6.45, 7) is 8.85. The highest BCUT2D eigenvalue weighted by Crippen LogP contribution is 2.32. The number of carbonyl (C=O) groups is 5. The van der Waals surface area contributed by atoms with E-state index in [2.05, 4.69) is 0 Å². The maximum Gasteiger partial charge on any atom is 0.323 e. The molecule has 1 unspecified atom stereocenters. The molecule has 184 valence electrons. The second kappa shape index (κ2) is 10.3. The largest absolute Gasteiger partial charge is 0.463 e. The van der Waals surface area contributed by atoms with Gasteiger partial charge in [-0.25, -0.2) is 0 Å². The van der Waals surface area contributed by atoms with Gasteiger partial charge in [-0.3, -0.25) is 38.7 Å². The molecule has 0 bridgehead atoms. The van der Waals surface area contributed by atoms with E-state index >= 15 is 0 Å². The summed E-state index contributed by atoms with van der Waals surface area (Å²) in [5, 5.41) is 0. The molecule has 2 heterocycles. The van der Waals surface area contributed by atoms with Gasteiger partial charge in [0, 0.05) is 12.1 Å². The van der Waals surface area contributed by atoms with Crippen molar-refractivity contribution in [3.63, 3.8) is 0 Å². The number of ether oxygens (including phenoxy) is 1. The lowest BCUT2D eigenvalue weighted by Crippen LogP contribution is -2.56. The van der Waals surface area contributed by atoms with Gasteiger partial charge in [-0.1, -0.05) is 33.8 Å². The van der Waals surface area contributed by atoms with Crippen molar-refractivity contribution < 1.29 is 28.7 Å². The zero-order valence-electron chi connectivity index (χ0n) is 20.1. The third-order valence-electron chi connectivity index (χ3n) is 6.41. The number of nitrogens with zero attached hydrogens (tertiary/aromatic N) is 3. The molecule has 2 N–H and O–H groups in total. The highest BCUT2D eigenvalue weighted by Gasteiger charge is 2.47. The minimum absolute atomic E-state index is 0.0126. The SMILES string of the molecule is CCN(CC)[C@H](C(=O)OCCN1C(=O)CCC(N2C(=O)c3cccc(N)c3C2=O)C1=O)C(C)C. The quantitative estimate of drug-likeness (QED) is 0.323. The van der Waals surface area contributed by atoms with Crippen LogP contribution in [-0.2, 0) is 19.1 Å². The van der Waals surface area contributed by atoms with Crippen molar-refractivity contribution in [2.24, 2.45) is 5.92 Å². The van der Waals surface area contributed by atoms with Crippen LogP contribution in [0.4, 0.5) is 5.69 Å². The van der Waals surface area contributed by atoms with Crippen molar-refractivity contribution in [1.29, 1.82) is 0 Å². The number of nitrogens with two attached hydrogens (primary N) is 1. The molecule has 3 rings (SSSR count). The number of esters is 1. The van der Waals surface area contributed by atoms with Crippen LogP contribution in [0.15, 0.2) is 18.2 Å². The summed E-state index contributed by atoms with van der Waals surface area (Å²) in [7, 11) is 0. The average molecular weight is 473 g/mol. The van der Waals surface area contributed by atoms with Crippen LogP contribution < -0.4 is 5.73 Å². The van der Waals surface area contributed by atoms with Crippen molar-refractivity contribution in [3.05, 3.63) is 29.3 Å². The van der Waals surface area contributed by atoms with E-state index in [4.69, 9.17) is 10.5 Å². The molecule has 34 heavy (non-hydrogen) atoms. The lowest BCUT2D eigenvalue weighted by Gasteiger charge is -2.34. The molecule has 2 atom stereocenters. The van der Waals surface area contributed by atoms with Gasteiger partial charge in [0.1, 0.15) is 18.7 Å². The minimum atomic E-state index is -1.11. The fourth-order valence-corrected chi connectivity index (χ4v) is 4.69. The Labute approximate surface area is 199 Å². The molecule has 1 fully saturated rings. The zero-order valence-corrected chi connectivity index (χ0v) is 20.1. The number of rotatable bonds is 9. The first-order chi connectivity index (χ1) is 16.1. The second-order valence-electron chi connectivity index (χ2n) is 8.77. The normalized spacial score (nSPS) is 19.3. The number of imide groups is 2. The van der Waals surface area contributed by atoms with Gasteiger partial charge in [0.15, 0.2) is 0 Å². The summed E-state index contributed by atoms with van der Waals surface area (Å²) in [5.74, 6) is -2.73. The summed E-state index contributed by atoms with van der Waals surface area (Å²) in [5.41, 5.74) is 6.26. The average Bonchev–Trinajstić information content (AvgIpc) is 3.05. The van der Waals surface area contributed by atoms with Crippen LogP contribution in [0.2, 0.25) is 0 Å². The van der Waals surface area contributed by atoms with Gasteiger partial charge in [-0.15, -0.1) is 0 Å². The first-order valence-corrected chi connectivity index (χ1v) is 11.6. The number of hydrogen-bond acceptors (Lipinski definition) is 8. The summed E-state index contributed by atoms with van der Waals surface area (Å²) in [6, 6.07) is 3.03. The predicted octanol–water partition coefficient (Wildman–Crippen LogP) is 1.29. The molecule has 0 radical (unpaired) electrons. The molecule has 0 aromatic heterocycles. The third kappa shape index (κ3) is 4.54. The highest BCUT2D eigenvalue weighted by molar-refractivity contribution is 6.25. The Morgan fingerprint density at radius 3 is 2.41 bits per heavy atom. The molecule has 2 aliphatic heterocycles.